The molecule has 0 radical (unpaired) electrons. The van der Waals surface area contributed by atoms with Crippen LogP contribution in [0.4, 0.5) is 57.7 Å². The summed E-state index contributed by atoms with van der Waals surface area (Å²) < 4.78 is 24.8. The molecule has 0 spiro atoms. The molecule has 15 aromatic heterocycles. The van der Waals surface area contributed by atoms with E-state index in [2.05, 4.69) is 132 Å². The average Bonchev–Trinajstić information content (AvgIpc) is 1.83. The van der Waals surface area contributed by atoms with Gasteiger partial charge in [0.05, 0.1) is 86.8 Å². The second-order valence-corrected chi connectivity index (χ2v) is 29.9. The van der Waals surface area contributed by atoms with E-state index in [1.54, 1.807) is 109 Å². The second kappa shape index (κ2) is 37.6. The molecule has 634 valence electrons. The third kappa shape index (κ3) is 19.7. The highest BCUT2D eigenvalue weighted by Gasteiger charge is 2.23. The summed E-state index contributed by atoms with van der Waals surface area (Å²) in [5.74, 6) is -1.69. The Balaban J connectivity index is 0.000000118. The van der Waals surface area contributed by atoms with Crippen LogP contribution in [0, 0.1) is 0 Å². The molecule has 0 saturated carbocycles. The lowest BCUT2D eigenvalue weighted by Crippen LogP contribution is -2.18. The number of fused-ring (bicyclic) bond motifs is 5. The van der Waals surface area contributed by atoms with E-state index in [4.69, 9.17) is 28.7 Å². The van der Waals surface area contributed by atoms with Crippen molar-refractivity contribution in [1.82, 2.24) is 110 Å². The number of sulfone groups is 1. The lowest BCUT2D eigenvalue weighted by molar-refractivity contribution is 0.101. The number of benzene rings is 5. The Hall–Kier alpha value is -18.9. The molecule has 20 aromatic rings. The van der Waals surface area contributed by atoms with Gasteiger partial charge in [0, 0.05) is 147 Å². The van der Waals surface area contributed by atoms with E-state index in [0.717, 1.165) is 72.1 Å². The van der Waals surface area contributed by atoms with Crippen LogP contribution in [0.25, 0.3) is 106 Å². The van der Waals surface area contributed by atoms with Crippen LogP contribution in [0.5, 0.6) is 0 Å². The summed E-state index contributed by atoms with van der Waals surface area (Å²) in [5.41, 5.74) is 42.1. The van der Waals surface area contributed by atoms with Crippen molar-refractivity contribution in [2.45, 2.75) is 4.90 Å². The average molecular weight is 1730 g/mol. The molecular formula is C89H70N32O7S. The number of anilines is 10. The molecule has 0 unspecified atom stereocenters. The fourth-order valence-corrected chi connectivity index (χ4v) is 13.4. The Bertz CT molecular complexity index is 7310. The SMILES string of the molecule is CS(=O)(=O)c1ccc(-c2cnc(N)c(C(=O)Nc3n[nH]c4ccccc34)n2)cc1.Nc1ncc(-c2cccnc2)nc1C(=O)Nc1ccc2[nH]ccc2c1.Nc1ncc(-c2cccnc2)nc1C(=O)Nc1ccc2cc[nH]c2c1.Nc1ncc(-c2cccnc2)nc1C(=O)Nc1cccc2cc[nH]c12.Nc1ncc(-c2cccnc2)nc1C(=O)Nc1cccn2ncnc12. The highest BCUT2D eigenvalue weighted by molar-refractivity contribution is 7.90. The van der Waals surface area contributed by atoms with Crippen LogP contribution in [-0.2, 0) is 9.84 Å². The summed E-state index contributed by atoms with van der Waals surface area (Å²) in [6.07, 6.45) is 30.5. The third-order valence-corrected chi connectivity index (χ3v) is 20.3. The number of hydrogen-bond acceptors (Lipinski definition) is 29. The van der Waals surface area contributed by atoms with Gasteiger partial charge in [-0.1, -0.05) is 42.5 Å². The van der Waals surface area contributed by atoms with Crippen LogP contribution in [0.15, 0.2) is 299 Å². The Morgan fingerprint density at radius 3 is 1.32 bits per heavy atom. The largest absolute Gasteiger partial charge is 0.382 e. The molecule has 0 fully saturated rings. The van der Waals surface area contributed by atoms with Gasteiger partial charge in [-0.25, -0.2) is 67.8 Å². The molecule has 0 atom stereocenters. The van der Waals surface area contributed by atoms with Gasteiger partial charge in [-0.2, -0.15) is 10.2 Å². The van der Waals surface area contributed by atoms with Crippen molar-refractivity contribution in [3.8, 4) is 56.3 Å². The first kappa shape index (κ1) is 83.7. The van der Waals surface area contributed by atoms with Crippen LogP contribution < -0.4 is 55.3 Å². The Labute approximate surface area is 729 Å². The van der Waals surface area contributed by atoms with Gasteiger partial charge in [-0.3, -0.25) is 49.0 Å². The molecule has 0 aliphatic rings. The zero-order valence-electron chi connectivity index (χ0n) is 67.4. The number of aromatic amines is 4. The van der Waals surface area contributed by atoms with Gasteiger partial charge in [0.2, 0.25) is 0 Å². The van der Waals surface area contributed by atoms with E-state index < -0.39 is 39.4 Å². The molecule has 5 amide bonds. The van der Waals surface area contributed by atoms with E-state index in [9.17, 15) is 32.4 Å². The maximum Gasteiger partial charge on any atom is 0.279 e. The van der Waals surface area contributed by atoms with Crippen LogP contribution in [-0.4, -0.2) is 154 Å². The molecule has 20 rings (SSSR count). The van der Waals surface area contributed by atoms with Gasteiger partial charge in [-0.15, -0.1) is 0 Å². The van der Waals surface area contributed by atoms with Gasteiger partial charge in [0.25, 0.3) is 29.5 Å². The molecule has 0 aliphatic carbocycles. The third-order valence-electron chi connectivity index (χ3n) is 19.2. The van der Waals surface area contributed by atoms with Crippen LogP contribution in [0.1, 0.15) is 52.4 Å². The predicted molar refractivity (Wildman–Crippen MR) is 487 cm³/mol. The number of nitrogens with two attached hydrogens (primary N) is 5. The summed E-state index contributed by atoms with van der Waals surface area (Å²) in [6, 6.07) is 54.1. The summed E-state index contributed by atoms with van der Waals surface area (Å²) in [5, 5.41) is 28.7. The zero-order valence-corrected chi connectivity index (χ0v) is 68.2. The van der Waals surface area contributed by atoms with Gasteiger partial charge in [0.15, 0.2) is 78.9 Å². The highest BCUT2D eigenvalue weighted by Crippen LogP contribution is 2.30. The summed E-state index contributed by atoms with van der Waals surface area (Å²) in [4.78, 5) is 135. The fourth-order valence-electron chi connectivity index (χ4n) is 12.8. The van der Waals surface area contributed by atoms with Crippen LogP contribution in [0.2, 0.25) is 0 Å². The van der Waals surface area contributed by atoms with Crippen molar-refractivity contribution in [2.24, 2.45) is 0 Å². The second-order valence-electron chi connectivity index (χ2n) is 27.9. The Morgan fingerprint density at radius 1 is 0.364 bits per heavy atom. The maximum atomic E-state index is 12.7. The molecule has 129 heavy (non-hydrogen) atoms. The number of pyridine rings is 5. The minimum absolute atomic E-state index is 0.0288. The summed E-state index contributed by atoms with van der Waals surface area (Å²) in [7, 11) is -3.31. The topological polar surface area (TPSA) is 596 Å². The normalized spacial score (nSPS) is 10.9. The molecule has 0 aliphatic heterocycles. The molecule has 40 heteroatoms. The molecular weight excluding hydrogens is 1660 g/mol. The van der Waals surface area contributed by atoms with E-state index in [1.165, 1.54) is 49.4 Å². The Morgan fingerprint density at radius 2 is 0.806 bits per heavy atom. The number of H-pyrrole nitrogens is 4. The molecule has 0 saturated heterocycles. The molecule has 0 bridgehead atoms. The number of hydrogen-bond donors (Lipinski definition) is 14. The number of nitrogens with zero attached hydrogens (tertiary/aromatic N) is 18. The maximum absolute atomic E-state index is 12.7. The first-order chi connectivity index (χ1) is 62.7. The molecule has 15 heterocycles. The number of rotatable bonds is 16. The van der Waals surface area contributed by atoms with E-state index in [1.807, 2.05) is 140 Å². The van der Waals surface area contributed by atoms with Gasteiger partial charge in [-0.05, 0) is 145 Å². The first-order valence-corrected chi connectivity index (χ1v) is 40.6. The minimum atomic E-state index is -3.31. The number of aromatic nitrogens is 22. The lowest BCUT2D eigenvalue weighted by Gasteiger charge is -2.09. The summed E-state index contributed by atoms with van der Waals surface area (Å²) in [6.45, 7) is 0. The van der Waals surface area contributed by atoms with E-state index in [-0.39, 0.29) is 62.5 Å². The monoisotopic (exact) mass is 1730 g/mol. The van der Waals surface area contributed by atoms with E-state index >= 15 is 0 Å². The highest BCUT2D eigenvalue weighted by atomic mass is 32.2. The van der Waals surface area contributed by atoms with Crippen molar-refractivity contribution in [3.63, 3.8) is 0 Å². The van der Waals surface area contributed by atoms with Crippen molar-refractivity contribution < 1.29 is 32.4 Å². The fraction of sp³-hybridized carbons (Fsp3) is 0.0112. The number of para-hydroxylation sites is 2. The van der Waals surface area contributed by atoms with E-state index in [0.29, 0.717) is 68.2 Å². The summed E-state index contributed by atoms with van der Waals surface area (Å²) >= 11 is 0. The van der Waals surface area contributed by atoms with Gasteiger partial charge < -0.3 is 70.2 Å². The van der Waals surface area contributed by atoms with Crippen molar-refractivity contribution in [3.05, 3.63) is 322 Å². The number of nitrogen functional groups attached to an aromatic ring is 5. The van der Waals surface area contributed by atoms with Gasteiger partial charge in [0.1, 0.15) is 6.33 Å². The minimum Gasteiger partial charge on any atom is -0.382 e. The number of amides is 5. The molecule has 5 aromatic carbocycles. The van der Waals surface area contributed by atoms with Crippen molar-refractivity contribution in [2.75, 3.05) is 61.5 Å². The molecule has 39 nitrogen and oxygen atoms in total. The van der Waals surface area contributed by atoms with Crippen LogP contribution >= 0.6 is 0 Å². The number of nitrogens with one attached hydrogen (secondary N) is 9. The van der Waals surface area contributed by atoms with Crippen molar-refractivity contribution >= 4 is 146 Å². The lowest BCUT2D eigenvalue weighted by atomic mass is 10.1. The number of carbonyl (C=O) groups is 5. The zero-order chi connectivity index (χ0) is 89.5. The predicted octanol–water partition coefficient (Wildman–Crippen LogP) is 12.2. The number of carbonyl (C=O) groups excluding carboxylic acids is 5. The van der Waals surface area contributed by atoms with Crippen LogP contribution in [0.3, 0.4) is 0 Å². The van der Waals surface area contributed by atoms with Gasteiger partial charge >= 0.3 is 0 Å². The quantitative estimate of drug-likeness (QED) is 0.0427. The standard InChI is InChI=1S/C19H16N6O3S.3C18H14N6O.C16H12N8O/c1-29(27,28)12-8-6-11(7-9-12)15-10-21-17(20)16(22-15)19(26)23-18-13-4-2-3-5-14(13)24-25-18;19-17-16(23-14(10-22-17)12-4-2-7-20-9-12)18(25)24-13-5-1-3-11-6-8-21-15(11)13;19-17-16(24-15(10-22-17)12-2-1-6-20-9-12)18(25)23-13-3-4-14-11(8-13)5-7-21-14;19-17-16(24-15(10-22-17)12-2-1-6-20-9-12)18(25)23-13-4-3-11-5-7-21-14(11)8-13;17-14-13(22-12(8-19-14)10-3-1-5-18-7-10)16(25)23-11-4-2-6-24-15(11)20-9-21-24/h2-10H,1H3,(H2,20,21)(H2,23,24,25,26);1-10,21H,(H2,19,22)(H,24,25);2*1-10,21H,(H2,19,22)(H,23,25);1-9H,(H2,17,19)(H,23,25). The molecule has 19 N–H and O–H groups in total. The van der Waals surface area contributed by atoms with Crippen molar-refractivity contribution in [1.29, 1.82) is 0 Å². The first-order valence-electron chi connectivity index (χ1n) is 38.7. The Kier molecular flexibility index (Phi) is 24.4. The smallest absolute Gasteiger partial charge is 0.279 e.